The number of ether oxygens (including phenoxy) is 2. The monoisotopic (exact) mass is 387 g/mol. The molecule has 0 aliphatic rings. The highest BCUT2D eigenvalue weighted by molar-refractivity contribution is 5.84. The molecule has 0 heterocycles. The van der Waals surface area contributed by atoms with E-state index in [1.807, 2.05) is 18.2 Å². The van der Waals surface area contributed by atoms with Crippen LogP contribution in [0.4, 0.5) is 0 Å². The van der Waals surface area contributed by atoms with Crippen molar-refractivity contribution in [2.75, 3.05) is 13.7 Å². The Morgan fingerprint density at radius 3 is 2.55 bits per heavy atom. The van der Waals surface area contributed by atoms with Gasteiger partial charge in [0, 0.05) is 13.0 Å². The van der Waals surface area contributed by atoms with E-state index in [0.717, 1.165) is 11.1 Å². The minimum Gasteiger partial charge on any atom is -0.493 e. The van der Waals surface area contributed by atoms with Crippen LogP contribution in [0.1, 0.15) is 23.1 Å². The number of carbonyl (C=O) groups is 1. The molecular formula is C25H25NO3. The van der Waals surface area contributed by atoms with Crippen LogP contribution >= 0.6 is 0 Å². The van der Waals surface area contributed by atoms with Gasteiger partial charge in [0.25, 0.3) is 0 Å². The molecule has 0 bridgehead atoms. The van der Waals surface area contributed by atoms with Crippen molar-refractivity contribution in [3.8, 4) is 23.8 Å². The van der Waals surface area contributed by atoms with E-state index < -0.39 is 0 Å². The van der Waals surface area contributed by atoms with Crippen molar-refractivity contribution >= 4 is 16.7 Å². The second-order valence-corrected chi connectivity index (χ2v) is 6.94. The fourth-order valence-electron chi connectivity index (χ4n) is 3.18. The topological polar surface area (TPSA) is 47.6 Å². The Balaban J connectivity index is 1.53. The quantitative estimate of drug-likeness (QED) is 0.582. The molecule has 4 nitrogen and oxygen atoms in total. The smallest absolute Gasteiger partial charge is 0.220 e. The van der Waals surface area contributed by atoms with Crippen molar-refractivity contribution < 1.29 is 14.3 Å². The molecule has 0 saturated heterocycles. The first kappa shape index (κ1) is 20.3. The Kier molecular flexibility index (Phi) is 6.76. The molecule has 1 amide bonds. The predicted molar refractivity (Wildman–Crippen MR) is 116 cm³/mol. The molecule has 3 rings (SSSR count). The van der Waals surface area contributed by atoms with Crippen LogP contribution in [0.15, 0.2) is 54.6 Å². The highest BCUT2D eigenvalue weighted by Gasteiger charge is 2.08. The molecule has 0 fully saturated rings. The second kappa shape index (κ2) is 9.66. The van der Waals surface area contributed by atoms with Crippen LogP contribution in [0.2, 0.25) is 0 Å². The number of benzene rings is 3. The van der Waals surface area contributed by atoms with Crippen LogP contribution in [-0.2, 0) is 17.8 Å². The predicted octanol–water partition coefficient (Wildman–Crippen LogP) is 4.42. The number of carbonyl (C=O) groups excluding carboxylic acids is 1. The summed E-state index contributed by atoms with van der Waals surface area (Å²) in [6, 6.07) is 18.3. The Morgan fingerprint density at radius 2 is 1.76 bits per heavy atom. The molecule has 0 radical (unpaired) electrons. The number of fused-ring (bicyclic) bond motifs is 1. The summed E-state index contributed by atoms with van der Waals surface area (Å²) in [7, 11) is 1.58. The van der Waals surface area contributed by atoms with Crippen molar-refractivity contribution in [3.63, 3.8) is 0 Å². The summed E-state index contributed by atoms with van der Waals surface area (Å²) in [6.45, 7) is 2.79. The third kappa shape index (κ3) is 5.52. The van der Waals surface area contributed by atoms with Crippen molar-refractivity contribution in [2.24, 2.45) is 0 Å². The van der Waals surface area contributed by atoms with Gasteiger partial charge in [-0.1, -0.05) is 47.9 Å². The third-order valence-electron chi connectivity index (χ3n) is 4.73. The zero-order valence-electron chi connectivity index (χ0n) is 16.8. The summed E-state index contributed by atoms with van der Waals surface area (Å²) in [5, 5.41) is 5.39. The van der Waals surface area contributed by atoms with E-state index in [4.69, 9.17) is 15.9 Å². The van der Waals surface area contributed by atoms with Crippen molar-refractivity contribution in [1.29, 1.82) is 0 Å². The second-order valence-electron chi connectivity index (χ2n) is 6.94. The lowest BCUT2D eigenvalue weighted by Crippen LogP contribution is -2.23. The molecule has 29 heavy (non-hydrogen) atoms. The van der Waals surface area contributed by atoms with Crippen molar-refractivity contribution in [1.82, 2.24) is 5.32 Å². The average Bonchev–Trinajstić information content (AvgIpc) is 2.74. The number of amides is 1. The average molecular weight is 387 g/mol. The molecule has 0 saturated carbocycles. The van der Waals surface area contributed by atoms with E-state index in [0.29, 0.717) is 30.9 Å². The Hall–Kier alpha value is -3.45. The summed E-state index contributed by atoms with van der Waals surface area (Å²) >= 11 is 0. The molecule has 0 aliphatic heterocycles. The van der Waals surface area contributed by atoms with Gasteiger partial charge in [-0.2, -0.15) is 0 Å². The molecule has 0 spiro atoms. The zero-order valence-corrected chi connectivity index (χ0v) is 16.8. The first-order chi connectivity index (χ1) is 14.1. The van der Waals surface area contributed by atoms with E-state index in [-0.39, 0.29) is 12.5 Å². The number of hydrogen-bond acceptors (Lipinski definition) is 3. The van der Waals surface area contributed by atoms with Crippen molar-refractivity contribution in [3.05, 3.63) is 71.3 Å². The molecule has 3 aromatic carbocycles. The standard InChI is InChI=1S/C25H25NO3/c1-4-13-29-23-11-7-19(16-24(23)28-3)8-12-25(27)26-17-20-6-10-21-14-18(2)5-9-22(21)15-20/h1,5-7,9-11,14-16H,8,12-13,17H2,2-3H3,(H,26,27). The molecular weight excluding hydrogens is 362 g/mol. The maximum absolute atomic E-state index is 12.3. The van der Waals surface area contributed by atoms with Gasteiger partial charge >= 0.3 is 0 Å². The maximum Gasteiger partial charge on any atom is 0.220 e. The summed E-state index contributed by atoms with van der Waals surface area (Å²) < 4.78 is 10.8. The SMILES string of the molecule is C#CCOc1ccc(CCC(=O)NCc2ccc3cc(C)ccc3c2)cc1OC. The van der Waals surface area contributed by atoms with Crippen molar-refractivity contribution in [2.45, 2.75) is 26.3 Å². The van der Waals surface area contributed by atoms with Crippen LogP contribution in [0.5, 0.6) is 11.5 Å². The summed E-state index contributed by atoms with van der Waals surface area (Å²) in [5.41, 5.74) is 3.34. The van der Waals surface area contributed by atoms with Gasteiger partial charge in [-0.3, -0.25) is 4.79 Å². The first-order valence-corrected chi connectivity index (χ1v) is 9.58. The van der Waals surface area contributed by atoms with Crippen LogP contribution in [0.3, 0.4) is 0 Å². The largest absolute Gasteiger partial charge is 0.493 e. The maximum atomic E-state index is 12.3. The number of terminal acetylenes is 1. The summed E-state index contributed by atoms with van der Waals surface area (Å²) in [5.74, 6) is 3.66. The van der Waals surface area contributed by atoms with Crippen LogP contribution in [0.25, 0.3) is 10.8 Å². The minimum atomic E-state index is 0.0145. The molecule has 4 heteroatoms. The normalized spacial score (nSPS) is 10.4. The molecule has 148 valence electrons. The fourth-order valence-corrected chi connectivity index (χ4v) is 3.18. The van der Waals surface area contributed by atoms with E-state index in [1.54, 1.807) is 7.11 Å². The molecule has 0 atom stereocenters. The van der Waals surface area contributed by atoms with Gasteiger partial charge in [0.15, 0.2) is 11.5 Å². The van der Waals surface area contributed by atoms with Gasteiger partial charge in [-0.25, -0.2) is 0 Å². The number of rotatable bonds is 8. The summed E-state index contributed by atoms with van der Waals surface area (Å²) in [6.07, 6.45) is 6.25. The van der Waals surface area contributed by atoms with E-state index in [2.05, 4.69) is 54.6 Å². The van der Waals surface area contributed by atoms with Gasteiger partial charge in [0.1, 0.15) is 6.61 Å². The number of methoxy groups -OCH3 is 1. The molecule has 0 aliphatic carbocycles. The highest BCUT2D eigenvalue weighted by Crippen LogP contribution is 2.28. The first-order valence-electron chi connectivity index (χ1n) is 9.58. The van der Waals surface area contributed by atoms with Crippen LogP contribution in [0, 0.1) is 19.3 Å². The number of hydrogen-bond donors (Lipinski definition) is 1. The molecule has 0 unspecified atom stereocenters. The lowest BCUT2D eigenvalue weighted by molar-refractivity contribution is -0.121. The minimum absolute atomic E-state index is 0.0145. The lowest BCUT2D eigenvalue weighted by atomic mass is 10.0. The molecule has 1 N–H and O–H groups in total. The molecule has 0 aromatic heterocycles. The van der Waals surface area contributed by atoms with E-state index >= 15 is 0 Å². The van der Waals surface area contributed by atoms with Gasteiger partial charge < -0.3 is 14.8 Å². The summed E-state index contributed by atoms with van der Waals surface area (Å²) in [4.78, 5) is 12.3. The highest BCUT2D eigenvalue weighted by atomic mass is 16.5. The number of nitrogens with one attached hydrogen (secondary N) is 1. The van der Waals surface area contributed by atoms with Crippen LogP contribution in [-0.4, -0.2) is 19.6 Å². The van der Waals surface area contributed by atoms with Gasteiger partial charge in [0.2, 0.25) is 5.91 Å². The zero-order chi connectivity index (χ0) is 20.6. The van der Waals surface area contributed by atoms with Gasteiger partial charge in [0.05, 0.1) is 7.11 Å². The Labute approximate surface area is 171 Å². The lowest BCUT2D eigenvalue weighted by Gasteiger charge is -2.11. The molecule has 3 aromatic rings. The van der Waals surface area contributed by atoms with E-state index in [9.17, 15) is 4.79 Å². The fraction of sp³-hybridized carbons (Fsp3) is 0.240. The third-order valence-corrected chi connectivity index (χ3v) is 4.73. The number of aryl methyl sites for hydroxylation is 2. The van der Waals surface area contributed by atoms with Gasteiger partial charge in [-0.05, 0) is 53.4 Å². The van der Waals surface area contributed by atoms with Gasteiger partial charge in [-0.15, -0.1) is 6.42 Å². The Morgan fingerprint density at radius 1 is 1.00 bits per heavy atom. The van der Waals surface area contributed by atoms with E-state index in [1.165, 1.54) is 16.3 Å². The van der Waals surface area contributed by atoms with Crippen LogP contribution < -0.4 is 14.8 Å². The Bertz CT molecular complexity index is 1050.